The Morgan fingerprint density at radius 3 is 2.42 bits per heavy atom. The van der Waals surface area contributed by atoms with E-state index >= 15 is 0 Å². The Bertz CT molecular complexity index is 1000. The van der Waals surface area contributed by atoms with Crippen molar-refractivity contribution in [3.05, 3.63) is 90.3 Å². The van der Waals surface area contributed by atoms with E-state index in [0.29, 0.717) is 12.1 Å². The van der Waals surface area contributed by atoms with E-state index in [0.717, 1.165) is 17.5 Å². The summed E-state index contributed by atoms with van der Waals surface area (Å²) in [5, 5.41) is 0. The third-order valence-electron chi connectivity index (χ3n) is 3.89. The first-order valence-electron chi connectivity index (χ1n) is 8.01. The lowest BCUT2D eigenvalue weighted by atomic mass is 10.1. The number of benzene rings is 2. The SMILES string of the molecule is CS(=O)(=O)c1cccc(C(=O)N(Cc2cccnc2)c2ccccc2)c1. The van der Waals surface area contributed by atoms with Gasteiger partial charge >= 0.3 is 0 Å². The average molecular weight is 366 g/mol. The standard InChI is InChI=1S/C20H18N2O3S/c1-26(24,25)19-11-5-8-17(13-19)20(23)22(18-9-3-2-4-10-18)15-16-7-6-12-21-14-16/h2-14H,15H2,1H3. The Kier molecular flexibility index (Phi) is 5.14. The van der Waals surface area contributed by atoms with Crippen molar-refractivity contribution >= 4 is 21.4 Å². The molecule has 132 valence electrons. The minimum Gasteiger partial charge on any atom is -0.304 e. The number of para-hydroxylation sites is 1. The van der Waals surface area contributed by atoms with E-state index in [1.54, 1.807) is 29.4 Å². The molecule has 0 radical (unpaired) electrons. The van der Waals surface area contributed by atoms with Crippen LogP contribution in [0.15, 0.2) is 84.0 Å². The average Bonchev–Trinajstić information content (AvgIpc) is 2.66. The van der Waals surface area contributed by atoms with Crippen LogP contribution in [0.4, 0.5) is 5.69 Å². The van der Waals surface area contributed by atoms with Gasteiger partial charge in [0.25, 0.3) is 5.91 Å². The lowest BCUT2D eigenvalue weighted by molar-refractivity contribution is 0.0985. The molecular formula is C20H18N2O3S. The number of sulfone groups is 1. The Morgan fingerprint density at radius 2 is 1.77 bits per heavy atom. The van der Waals surface area contributed by atoms with Gasteiger partial charge in [0.05, 0.1) is 11.4 Å². The van der Waals surface area contributed by atoms with Crippen LogP contribution in [-0.4, -0.2) is 25.6 Å². The van der Waals surface area contributed by atoms with Crippen LogP contribution in [-0.2, 0) is 16.4 Å². The number of aromatic nitrogens is 1. The van der Waals surface area contributed by atoms with Crippen LogP contribution in [0.5, 0.6) is 0 Å². The fraction of sp³-hybridized carbons (Fsp3) is 0.100. The highest BCUT2D eigenvalue weighted by atomic mass is 32.2. The molecule has 0 saturated carbocycles. The quantitative estimate of drug-likeness (QED) is 0.695. The number of anilines is 1. The predicted molar refractivity (Wildman–Crippen MR) is 101 cm³/mol. The predicted octanol–water partition coefficient (Wildman–Crippen LogP) is 3.33. The first kappa shape index (κ1) is 17.8. The van der Waals surface area contributed by atoms with Crippen molar-refractivity contribution in [3.63, 3.8) is 0 Å². The zero-order chi connectivity index (χ0) is 18.6. The molecule has 26 heavy (non-hydrogen) atoms. The second-order valence-electron chi connectivity index (χ2n) is 5.89. The first-order valence-corrected chi connectivity index (χ1v) is 9.90. The number of pyridine rings is 1. The number of carbonyl (C=O) groups is 1. The lowest BCUT2D eigenvalue weighted by Crippen LogP contribution is -2.30. The van der Waals surface area contributed by atoms with Crippen LogP contribution in [0.2, 0.25) is 0 Å². The largest absolute Gasteiger partial charge is 0.304 e. The summed E-state index contributed by atoms with van der Waals surface area (Å²) in [6.07, 6.45) is 4.51. The highest BCUT2D eigenvalue weighted by Gasteiger charge is 2.20. The zero-order valence-corrected chi connectivity index (χ0v) is 15.1. The molecule has 0 fully saturated rings. The molecule has 0 aliphatic heterocycles. The Labute approximate surface area is 152 Å². The molecular weight excluding hydrogens is 348 g/mol. The van der Waals surface area contributed by atoms with E-state index < -0.39 is 9.84 Å². The summed E-state index contributed by atoms with van der Waals surface area (Å²) in [6, 6.07) is 19.1. The maximum atomic E-state index is 13.1. The van der Waals surface area contributed by atoms with Crippen molar-refractivity contribution in [1.82, 2.24) is 4.98 Å². The van der Waals surface area contributed by atoms with Gasteiger partial charge in [0.1, 0.15) is 0 Å². The van der Waals surface area contributed by atoms with Gasteiger partial charge in [0.2, 0.25) is 0 Å². The van der Waals surface area contributed by atoms with E-state index in [4.69, 9.17) is 0 Å². The molecule has 0 spiro atoms. The van der Waals surface area contributed by atoms with Gasteiger partial charge in [-0.1, -0.05) is 30.3 Å². The molecule has 3 aromatic rings. The van der Waals surface area contributed by atoms with E-state index in [2.05, 4.69) is 4.98 Å². The molecule has 0 aliphatic carbocycles. The molecule has 1 aromatic heterocycles. The summed E-state index contributed by atoms with van der Waals surface area (Å²) >= 11 is 0. The normalized spacial score (nSPS) is 11.1. The second kappa shape index (κ2) is 7.49. The number of hydrogen-bond acceptors (Lipinski definition) is 4. The molecule has 2 aromatic carbocycles. The smallest absolute Gasteiger partial charge is 0.258 e. The van der Waals surface area contributed by atoms with Crippen LogP contribution in [0.1, 0.15) is 15.9 Å². The Balaban J connectivity index is 2.00. The monoisotopic (exact) mass is 366 g/mol. The maximum Gasteiger partial charge on any atom is 0.258 e. The summed E-state index contributed by atoms with van der Waals surface area (Å²) < 4.78 is 23.6. The number of rotatable bonds is 5. The topological polar surface area (TPSA) is 67.3 Å². The first-order chi connectivity index (χ1) is 12.4. The van der Waals surface area contributed by atoms with Crippen LogP contribution >= 0.6 is 0 Å². The van der Waals surface area contributed by atoms with Gasteiger partial charge in [0, 0.05) is 29.9 Å². The summed E-state index contributed by atoms with van der Waals surface area (Å²) in [5.74, 6) is -0.273. The van der Waals surface area contributed by atoms with Gasteiger partial charge in [-0.25, -0.2) is 8.42 Å². The van der Waals surface area contributed by atoms with Gasteiger partial charge in [-0.05, 0) is 42.0 Å². The summed E-state index contributed by atoms with van der Waals surface area (Å²) in [7, 11) is -3.39. The molecule has 5 nitrogen and oxygen atoms in total. The van der Waals surface area contributed by atoms with E-state index in [1.165, 1.54) is 12.1 Å². The Hall–Kier alpha value is -2.99. The molecule has 1 heterocycles. The van der Waals surface area contributed by atoms with Crippen LogP contribution in [0.25, 0.3) is 0 Å². The van der Waals surface area contributed by atoms with Gasteiger partial charge in [-0.3, -0.25) is 9.78 Å². The number of amides is 1. The van der Waals surface area contributed by atoms with Gasteiger partial charge in [0.15, 0.2) is 9.84 Å². The number of nitrogens with zero attached hydrogens (tertiary/aromatic N) is 2. The van der Waals surface area contributed by atoms with E-state index in [9.17, 15) is 13.2 Å². The highest BCUT2D eigenvalue weighted by Crippen LogP contribution is 2.21. The highest BCUT2D eigenvalue weighted by molar-refractivity contribution is 7.90. The van der Waals surface area contributed by atoms with Crippen molar-refractivity contribution in [2.75, 3.05) is 11.2 Å². The molecule has 0 aliphatic rings. The summed E-state index contributed by atoms with van der Waals surface area (Å²) in [4.78, 5) is 19.0. The van der Waals surface area contributed by atoms with Crippen LogP contribution in [0.3, 0.4) is 0 Å². The third-order valence-corrected chi connectivity index (χ3v) is 5.00. The van der Waals surface area contributed by atoms with Crippen molar-refractivity contribution in [2.45, 2.75) is 11.4 Å². The molecule has 0 saturated heterocycles. The van der Waals surface area contributed by atoms with Gasteiger partial charge in [-0.15, -0.1) is 0 Å². The number of carbonyl (C=O) groups excluding carboxylic acids is 1. The van der Waals surface area contributed by atoms with Crippen LogP contribution in [0, 0.1) is 0 Å². The van der Waals surface area contributed by atoms with Crippen LogP contribution < -0.4 is 4.90 Å². The maximum absolute atomic E-state index is 13.1. The second-order valence-corrected chi connectivity index (χ2v) is 7.90. The summed E-state index contributed by atoms with van der Waals surface area (Å²) in [6.45, 7) is 0.333. The summed E-state index contributed by atoms with van der Waals surface area (Å²) in [5.41, 5.74) is 1.93. The molecule has 0 N–H and O–H groups in total. The minimum atomic E-state index is -3.39. The molecule has 0 unspecified atom stereocenters. The third kappa shape index (κ3) is 4.15. The van der Waals surface area contributed by atoms with Gasteiger partial charge < -0.3 is 4.90 Å². The zero-order valence-electron chi connectivity index (χ0n) is 14.2. The minimum absolute atomic E-state index is 0.123. The molecule has 1 amide bonds. The molecule has 0 atom stereocenters. The van der Waals surface area contributed by atoms with Crippen molar-refractivity contribution in [3.8, 4) is 0 Å². The Morgan fingerprint density at radius 1 is 1.00 bits per heavy atom. The molecule has 0 bridgehead atoms. The van der Waals surface area contributed by atoms with Crippen molar-refractivity contribution < 1.29 is 13.2 Å². The molecule has 3 rings (SSSR count). The van der Waals surface area contributed by atoms with Crippen molar-refractivity contribution in [1.29, 1.82) is 0 Å². The fourth-order valence-corrected chi connectivity index (χ4v) is 3.24. The van der Waals surface area contributed by atoms with E-state index in [-0.39, 0.29) is 10.8 Å². The molecule has 6 heteroatoms. The lowest BCUT2D eigenvalue weighted by Gasteiger charge is -2.23. The van der Waals surface area contributed by atoms with E-state index in [1.807, 2.05) is 42.5 Å². The number of hydrogen-bond donors (Lipinski definition) is 0. The fourth-order valence-electron chi connectivity index (χ4n) is 2.58. The van der Waals surface area contributed by atoms with Crippen molar-refractivity contribution in [2.24, 2.45) is 0 Å². The van der Waals surface area contributed by atoms with Gasteiger partial charge in [-0.2, -0.15) is 0 Å².